The van der Waals surface area contributed by atoms with Crippen LogP contribution in [0.25, 0.3) is 10.8 Å². The van der Waals surface area contributed by atoms with Gasteiger partial charge >= 0.3 is 0 Å². The van der Waals surface area contributed by atoms with Crippen LogP contribution in [0.5, 0.6) is 5.75 Å². The van der Waals surface area contributed by atoms with E-state index in [0.29, 0.717) is 17.1 Å². The zero-order valence-electron chi connectivity index (χ0n) is 43.0. The zero-order chi connectivity index (χ0) is 52.6. The average molecular weight is 1080 g/mol. The first-order valence-corrected chi connectivity index (χ1v) is 26.9. The van der Waals surface area contributed by atoms with Gasteiger partial charge in [-0.3, -0.25) is 33.6 Å². The molecule has 2 aliphatic heterocycles. The van der Waals surface area contributed by atoms with E-state index in [0.717, 1.165) is 85.0 Å². The van der Waals surface area contributed by atoms with E-state index in [9.17, 15) is 33.6 Å². The Morgan fingerprint density at radius 3 is 2.04 bits per heavy atom. The Hall–Kier alpha value is -6.37. The number of nitrogens with zero attached hydrogens (tertiary/aromatic N) is 3. The summed E-state index contributed by atoms with van der Waals surface area (Å²) in [5.41, 5.74) is 2.11. The molecule has 2 heterocycles. The van der Waals surface area contributed by atoms with Crippen molar-refractivity contribution in [3.63, 3.8) is 0 Å². The van der Waals surface area contributed by atoms with Gasteiger partial charge in [-0.1, -0.05) is 78.7 Å². The number of hydrogen-bond acceptors (Lipinski definition) is 10. The summed E-state index contributed by atoms with van der Waals surface area (Å²) in [5, 5.41) is 19.9. The summed E-state index contributed by atoms with van der Waals surface area (Å²) < 4.78 is 6.73. The number of halogens is 1. The molecule has 7 amide bonds. The number of methoxy groups -OCH3 is 1. The molecule has 394 valence electrons. The quantitative estimate of drug-likeness (QED) is 0.0804. The number of likely N-dealkylation sites (tertiary alicyclic amines) is 1. The standard InChI is InChI=1S/C56H70BrN9O8/c1-33(58-3)50(67)62-44-32-66(46-19-13-12-18-45(46)65(55(44)72)31-43-42-26-25-39(57)28-38(42)24-27-48(43)74-5)54(71)37-22-20-36(21-23-37)52(69)61-41-29-47(53(70)60-40-16-10-7-11-17-40)64(30-41)56(73)49(35-14-8-6-9-15-35)63-51(68)34(2)59-4/h12-13,18-28,33-35,40-41,44,47,49,58-59H,6-11,14-17,29-32H2,1-5H3,(H,60,70)(H,61,69)(H,62,67)(H,63,68). The fraction of sp³-hybridized carbons (Fsp3) is 0.482. The summed E-state index contributed by atoms with van der Waals surface area (Å²) in [6.07, 6.45) is 9.57. The average Bonchev–Trinajstić information content (AvgIpc) is 3.81. The fourth-order valence-electron chi connectivity index (χ4n) is 10.9. The molecule has 1 saturated heterocycles. The summed E-state index contributed by atoms with van der Waals surface area (Å²) in [6, 6.07) is 18.4. The van der Waals surface area contributed by atoms with Crippen LogP contribution in [-0.2, 0) is 30.5 Å². The molecular formula is C56H70BrN9O8. The summed E-state index contributed by atoms with van der Waals surface area (Å²) in [6.45, 7) is 3.36. The highest BCUT2D eigenvalue weighted by Crippen LogP contribution is 2.38. The molecule has 4 aromatic carbocycles. The van der Waals surface area contributed by atoms with Crippen LogP contribution in [0.15, 0.2) is 83.3 Å². The van der Waals surface area contributed by atoms with Gasteiger partial charge in [0.2, 0.25) is 23.6 Å². The van der Waals surface area contributed by atoms with E-state index in [1.807, 2.05) is 30.3 Å². The highest BCUT2D eigenvalue weighted by Gasteiger charge is 2.45. The lowest BCUT2D eigenvalue weighted by molar-refractivity contribution is -0.143. The number of anilines is 2. The van der Waals surface area contributed by atoms with Gasteiger partial charge < -0.3 is 51.3 Å². The van der Waals surface area contributed by atoms with Crippen LogP contribution >= 0.6 is 15.9 Å². The largest absolute Gasteiger partial charge is 0.496 e. The Labute approximate surface area is 441 Å². The number of rotatable bonds is 16. The number of carbonyl (C=O) groups is 7. The second-order valence-corrected chi connectivity index (χ2v) is 21.2. The van der Waals surface area contributed by atoms with E-state index in [1.165, 1.54) is 4.90 Å². The van der Waals surface area contributed by atoms with Gasteiger partial charge in [0.05, 0.1) is 43.7 Å². The second kappa shape index (κ2) is 24.3. The monoisotopic (exact) mass is 1080 g/mol. The number of hydrogen-bond donors (Lipinski definition) is 6. The second-order valence-electron chi connectivity index (χ2n) is 20.2. The van der Waals surface area contributed by atoms with Crippen molar-refractivity contribution in [3.05, 3.63) is 100 Å². The van der Waals surface area contributed by atoms with Crippen molar-refractivity contribution >= 4 is 79.4 Å². The molecule has 0 bridgehead atoms. The number of ether oxygens (including phenoxy) is 1. The SMILES string of the molecule is CNC(C)C(=O)NC1CN(C(=O)c2ccc(C(=O)NC3CC(C(=O)NC4CCCCC4)N(C(=O)C(NC(=O)C(C)NC)C4CCCCC4)C3)cc2)c2ccccc2N(Cc2c(OC)ccc3cc(Br)ccc23)C1=O. The molecule has 6 unspecified atom stereocenters. The van der Waals surface area contributed by atoms with Crippen LogP contribution in [0.2, 0.25) is 0 Å². The maximum absolute atomic E-state index is 14.9. The molecule has 0 aromatic heterocycles. The lowest BCUT2D eigenvalue weighted by Gasteiger charge is -2.35. The van der Waals surface area contributed by atoms with Gasteiger partial charge in [0.1, 0.15) is 23.9 Å². The molecule has 18 heteroatoms. The van der Waals surface area contributed by atoms with Gasteiger partial charge in [0.25, 0.3) is 17.7 Å². The van der Waals surface area contributed by atoms with Crippen molar-refractivity contribution in [2.75, 3.05) is 44.1 Å². The minimum atomic E-state index is -1.16. The number of likely N-dealkylation sites (N-methyl/N-ethyl adjacent to an activating group) is 2. The fourth-order valence-corrected chi connectivity index (χ4v) is 11.3. The van der Waals surface area contributed by atoms with Crippen LogP contribution < -0.4 is 46.4 Å². The van der Waals surface area contributed by atoms with Crippen molar-refractivity contribution in [3.8, 4) is 5.75 Å². The first-order chi connectivity index (χ1) is 35.7. The summed E-state index contributed by atoms with van der Waals surface area (Å²) in [5.74, 6) is -2.16. The highest BCUT2D eigenvalue weighted by atomic mass is 79.9. The van der Waals surface area contributed by atoms with E-state index in [4.69, 9.17) is 4.74 Å². The smallest absolute Gasteiger partial charge is 0.258 e. The maximum atomic E-state index is 14.9. The van der Waals surface area contributed by atoms with Crippen LogP contribution in [0.4, 0.5) is 11.4 Å². The van der Waals surface area contributed by atoms with E-state index in [2.05, 4.69) is 47.8 Å². The van der Waals surface area contributed by atoms with Gasteiger partial charge in [-0.15, -0.1) is 0 Å². The topological polar surface area (TPSA) is 211 Å². The Morgan fingerprint density at radius 1 is 0.716 bits per heavy atom. The molecule has 17 nitrogen and oxygen atoms in total. The number of nitrogens with one attached hydrogen (secondary N) is 6. The zero-order valence-corrected chi connectivity index (χ0v) is 44.6. The van der Waals surface area contributed by atoms with E-state index in [-0.39, 0.29) is 66.9 Å². The first kappa shape index (κ1) is 53.9. The van der Waals surface area contributed by atoms with Crippen LogP contribution in [0, 0.1) is 5.92 Å². The third-order valence-corrected chi connectivity index (χ3v) is 15.9. The Balaban J connectivity index is 1.04. The van der Waals surface area contributed by atoms with Crippen molar-refractivity contribution < 1.29 is 38.3 Å². The Morgan fingerprint density at radius 2 is 1.36 bits per heavy atom. The van der Waals surface area contributed by atoms with Crippen molar-refractivity contribution in [1.82, 2.24) is 36.8 Å². The number of benzene rings is 4. The molecule has 6 atom stereocenters. The van der Waals surface area contributed by atoms with Gasteiger partial charge in [-0.05, 0) is 131 Å². The summed E-state index contributed by atoms with van der Waals surface area (Å²) in [4.78, 5) is 104. The van der Waals surface area contributed by atoms with E-state index in [1.54, 1.807) is 93.4 Å². The van der Waals surface area contributed by atoms with E-state index >= 15 is 0 Å². The maximum Gasteiger partial charge on any atom is 0.258 e. The van der Waals surface area contributed by atoms with Crippen molar-refractivity contribution in [2.24, 2.45) is 5.92 Å². The molecular weight excluding hydrogens is 1010 g/mol. The predicted octanol–water partition coefficient (Wildman–Crippen LogP) is 5.72. The summed E-state index contributed by atoms with van der Waals surface area (Å²) in [7, 11) is 4.91. The molecule has 2 saturated carbocycles. The number of amides is 7. The van der Waals surface area contributed by atoms with Crippen molar-refractivity contribution in [1.29, 1.82) is 0 Å². The molecule has 8 rings (SSSR count). The first-order valence-electron chi connectivity index (χ1n) is 26.1. The van der Waals surface area contributed by atoms with Gasteiger partial charge in [-0.2, -0.15) is 0 Å². The Kier molecular flexibility index (Phi) is 17.7. The van der Waals surface area contributed by atoms with Crippen LogP contribution in [-0.4, -0.2) is 123 Å². The predicted molar refractivity (Wildman–Crippen MR) is 288 cm³/mol. The van der Waals surface area contributed by atoms with Gasteiger partial charge in [0, 0.05) is 39.8 Å². The number of carbonyl (C=O) groups excluding carboxylic acids is 7. The van der Waals surface area contributed by atoms with Crippen LogP contribution in [0.3, 0.4) is 0 Å². The number of fused-ring (bicyclic) bond motifs is 2. The molecule has 0 radical (unpaired) electrons. The lowest BCUT2D eigenvalue weighted by Crippen LogP contribution is -2.58. The number of para-hydroxylation sites is 2. The normalized spacial score (nSPS) is 20.7. The Bertz CT molecular complexity index is 2730. The molecule has 4 aromatic rings. The summed E-state index contributed by atoms with van der Waals surface area (Å²) >= 11 is 3.56. The third kappa shape index (κ3) is 12.1. The molecule has 74 heavy (non-hydrogen) atoms. The minimum absolute atomic E-state index is 0.00414. The van der Waals surface area contributed by atoms with Gasteiger partial charge in [-0.25, -0.2) is 0 Å². The third-order valence-electron chi connectivity index (χ3n) is 15.4. The molecule has 3 fully saturated rings. The van der Waals surface area contributed by atoms with Crippen LogP contribution in [0.1, 0.15) is 111 Å². The minimum Gasteiger partial charge on any atom is -0.496 e. The molecule has 2 aliphatic carbocycles. The van der Waals surface area contributed by atoms with Gasteiger partial charge in [0.15, 0.2) is 0 Å². The van der Waals surface area contributed by atoms with Crippen molar-refractivity contribution in [2.45, 2.75) is 133 Å². The molecule has 4 aliphatic rings. The highest BCUT2D eigenvalue weighted by molar-refractivity contribution is 9.10. The lowest BCUT2D eigenvalue weighted by atomic mass is 9.83. The van der Waals surface area contributed by atoms with E-state index < -0.39 is 59.9 Å². The molecule has 0 spiro atoms. The molecule has 6 N–H and O–H groups in total.